The lowest BCUT2D eigenvalue weighted by Gasteiger charge is -2.07. The van der Waals surface area contributed by atoms with Gasteiger partial charge in [-0.25, -0.2) is 22.4 Å². The van der Waals surface area contributed by atoms with Gasteiger partial charge in [0.05, 0.1) is 16.8 Å². The average Bonchev–Trinajstić information content (AvgIpc) is 2.91. The molecule has 0 aliphatic carbocycles. The third kappa shape index (κ3) is 2.31. The van der Waals surface area contributed by atoms with Gasteiger partial charge in [-0.2, -0.15) is 0 Å². The highest BCUT2D eigenvalue weighted by Crippen LogP contribution is 2.20. The number of benzene rings is 1. The minimum absolute atomic E-state index is 0.243. The Bertz CT molecular complexity index is 896. The van der Waals surface area contributed by atoms with Crippen molar-refractivity contribution in [1.29, 1.82) is 0 Å². The third-order valence-corrected chi connectivity index (χ3v) is 5.03. The van der Waals surface area contributed by atoms with Crippen LogP contribution in [-0.4, -0.2) is 22.4 Å². The molecule has 2 heterocycles. The molecule has 0 spiro atoms. The van der Waals surface area contributed by atoms with Gasteiger partial charge in [-0.15, -0.1) is 0 Å². The molecule has 1 aromatic carbocycles. The van der Waals surface area contributed by atoms with Crippen LogP contribution >= 0.6 is 0 Å². The van der Waals surface area contributed by atoms with E-state index in [9.17, 15) is 8.42 Å². The van der Waals surface area contributed by atoms with Crippen molar-refractivity contribution in [3.8, 4) is 0 Å². The van der Waals surface area contributed by atoms with Crippen molar-refractivity contribution in [2.45, 2.75) is 25.2 Å². The molecule has 0 radical (unpaired) electrons. The van der Waals surface area contributed by atoms with Crippen LogP contribution in [0.25, 0.3) is 11.2 Å². The van der Waals surface area contributed by atoms with Crippen LogP contribution in [0.4, 0.5) is 0 Å². The predicted molar refractivity (Wildman–Crippen MR) is 80.7 cm³/mol. The number of nitrogens with zero attached hydrogens (tertiary/aromatic N) is 3. The largest absolute Gasteiger partial charge is 0.269 e. The maximum Gasteiger partial charge on any atom is 0.269 e. The lowest BCUT2D eigenvalue weighted by molar-refractivity contribution is 0.588. The topological polar surface area (TPSA) is 64.8 Å². The molecule has 0 bridgehead atoms. The molecule has 0 saturated carbocycles. The van der Waals surface area contributed by atoms with Crippen LogP contribution in [0.1, 0.15) is 18.2 Å². The summed E-state index contributed by atoms with van der Waals surface area (Å²) in [5.74, 6) is 0. The zero-order valence-electron chi connectivity index (χ0n) is 11.8. The van der Waals surface area contributed by atoms with Gasteiger partial charge in [0.25, 0.3) is 10.0 Å². The summed E-state index contributed by atoms with van der Waals surface area (Å²) >= 11 is 0. The maximum absolute atomic E-state index is 12.7. The van der Waals surface area contributed by atoms with E-state index >= 15 is 0 Å². The Morgan fingerprint density at radius 3 is 2.52 bits per heavy atom. The Balaban J connectivity index is 2.17. The molecule has 21 heavy (non-hydrogen) atoms. The van der Waals surface area contributed by atoms with Crippen molar-refractivity contribution in [2.75, 3.05) is 0 Å². The van der Waals surface area contributed by atoms with Gasteiger partial charge in [-0.3, -0.25) is 0 Å². The number of aryl methyl sites for hydroxylation is 2. The number of fused-ring (bicyclic) bond motifs is 1. The van der Waals surface area contributed by atoms with E-state index < -0.39 is 10.0 Å². The second kappa shape index (κ2) is 4.96. The Hall–Kier alpha value is -2.21. The van der Waals surface area contributed by atoms with E-state index in [1.54, 1.807) is 36.5 Å². The summed E-state index contributed by atoms with van der Waals surface area (Å²) in [5.41, 5.74) is 2.80. The fraction of sp³-hybridized carbons (Fsp3) is 0.200. The van der Waals surface area contributed by atoms with E-state index in [0.29, 0.717) is 11.2 Å². The van der Waals surface area contributed by atoms with Gasteiger partial charge < -0.3 is 0 Å². The number of hydrogen-bond donors (Lipinski definition) is 0. The van der Waals surface area contributed by atoms with Crippen LogP contribution in [0.2, 0.25) is 0 Å². The molecule has 108 valence electrons. The molecule has 0 unspecified atom stereocenters. The second-order valence-corrected chi connectivity index (χ2v) is 6.67. The van der Waals surface area contributed by atoms with Gasteiger partial charge >= 0.3 is 0 Å². The van der Waals surface area contributed by atoms with Crippen LogP contribution < -0.4 is 0 Å². The Labute approximate surface area is 123 Å². The zero-order valence-corrected chi connectivity index (χ0v) is 12.6. The summed E-state index contributed by atoms with van der Waals surface area (Å²) in [7, 11) is -3.64. The van der Waals surface area contributed by atoms with Crippen LogP contribution in [0.3, 0.4) is 0 Å². The molecule has 6 heteroatoms. The molecular weight excluding hydrogens is 286 g/mol. The lowest BCUT2D eigenvalue weighted by Crippen LogP contribution is -2.12. The molecule has 0 N–H and O–H groups in total. The monoisotopic (exact) mass is 301 g/mol. The van der Waals surface area contributed by atoms with E-state index in [0.717, 1.165) is 17.7 Å². The third-order valence-electron chi connectivity index (χ3n) is 3.35. The first-order valence-corrected chi connectivity index (χ1v) is 8.11. The van der Waals surface area contributed by atoms with Crippen molar-refractivity contribution in [1.82, 2.24) is 13.9 Å². The molecule has 3 aromatic rings. The standard InChI is InChI=1S/C15H15N3O2S/c1-3-12-10-16-15-14(17-12)8-9-18(15)21(19,20)13-6-4-11(2)5-7-13/h4-10H,3H2,1-2H3. The first-order valence-electron chi connectivity index (χ1n) is 6.67. The fourth-order valence-electron chi connectivity index (χ4n) is 2.11. The van der Waals surface area contributed by atoms with E-state index in [-0.39, 0.29) is 4.90 Å². The maximum atomic E-state index is 12.7. The Morgan fingerprint density at radius 2 is 1.86 bits per heavy atom. The number of aromatic nitrogens is 3. The summed E-state index contributed by atoms with van der Waals surface area (Å²) in [4.78, 5) is 8.87. The molecule has 3 rings (SSSR count). The van der Waals surface area contributed by atoms with Gasteiger partial charge in [-0.1, -0.05) is 24.6 Å². The van der Waals surface area contributed by atoms with Crippen molar-refractivity contribution >= 4 is 21.2 Å². The fourth-order valence-corrected chi connectivity index (χ4v) is 3.41. The van der Waals surface area contributed by atoms with E-state index in [1.165, 1.54) is 10.2 Å². The lowest BCUT2D eigenvalue weighted by atomic mass is 10.2. The van der Waals surface area contributed by atoms with Gasteiger partial charge in [0.15, 0.2) is 5.65 Å². The van der Waals surface area contributed by atoms with Gasteiger partial charge in [0, 0.05) is 6.20 Å². The summed E-state index contributed by atoms with van der Waals surface area (Å²) in [6, 6.07) is 8.43. The highest BCUT2D eigenvalue weighted by atomic mass is 32.2. The minimum atomic E-state index is -3.64. The summed E-state index contributed by atoms with van der Waals surface area (Å²) in [5, 5.41) is 0. The molecule has 0 fully saturated rings. The van der Waals surface area contributed by atoms with Crippen molar-refractivity contribution in [2.24, 2.45) is 0 Å². The zero-order chi connectivity index (χ0) is 15.0. The summed E-state index contributed by atoms with van der Waals surface area (Å²) in [6.07, 6.45) is 3.88. The van der Waals surface area contributed by atoms with Gasteiger partial charge in [-0.05, 0) is 31.5 Å². The minimum Gasteiger partial charge on any atom is -0.248 e. The first-order chi connectivity index (χ1) is 10.0. The highest BCUT2D eigenvalue weighted by molar-refractivity contribution is 7.90. The summed E-state index contributed by atoms with van der Waals surface area (Å²) in [6.45, 7) is 3.90. The van der Waals surface area contributed by atoms with Gasteiger partial charge in [0.1, 0.15) is 5.52 Å². The second-order valence-electron chi connectivity index (χ2n) is 4.85. The van der Waals surface area contributed by atoms with Crippen LogP contribution in [0.5, 0.6) is 0 Å². The smallest absolute Gasteiger partial charge is 0.248 e. The highest BCUT2D eigenvalue weighted by Gasteiger charge is 2.19. The molecular formula is C15H15N3O2S. The molecule has 0 aliphatic heterocycles. The van der Waals surface area contributed by atoms with E-state index in [2.05, 4.69) is 9.97 Å². The Morgan fingerprint density at radius 1 is 1.14 bits per heavy atom. The van der Waals surface area contributed by atoms with Crippen molar-refractivity contribution < 1.29 is 8.42 Å². The van der Waals surface area contributed by atoms with Crippen LogP contribution in [0.15, 0.2) is 47.6 Å². The molecule has 0 aliphatic rings. The van der Waals surface area contributed by atoms with Crippen molar-refractivity contribution in [3.63, 3.8) is 0 Å². The number of rotatable bonds is 3. The van der Waals surface area contributed by atoms with Gasteiger partial charge in [0.2, 0.25) is 0 Å². The quantitative estimate of drug-likeness (QED) is 0.745. The van der Waals surface area contributed by atoms with Crippen molar-refractivity contribution in [3.05, 3.63) is 54.0 Å². The summed E-state index contributed by atoms with van der Waals surface area (Å²) < 4.78 is 26.5. The predicted octanol–water partition coefficient (Wildman–Crippen LogP) is 2.54. The average molecular weight is 301 g/mol. The Kier molecular flexibility index (Phi) is 3.25. The molecule has 5 nitrogen and oxygen atoms in total. The molecule has 0 saturated heterocycles. The normalized spacial score (nSPS) is 11.9. The van der Waals surface area contributed by atoms with Crippen LogP contribution in [0, 0.1) is 6.92 Å². The molecule has 2 aromatic heterocycles. The van der Waals surface area contributed by atoms with E-state index in [1.807, 2.05) is 13.8 Å². The SMILES string of the molecule is CCc1cnc2c(ccn2S(=O)(=O)c2ccc(C)cc2)n1. The first kappa shape index (κ1) is 13.8. The van der Waals surface area contributed by atoms with Crippen LogP contribution in [-0.2, 0) is 16.4 Å². The number of hydrogen-bond acceptors (Lipinski definition) is 4. The molecule has 0 amide bonds. The molecule has 0 atom stereocenters. The van der Waals surface area contributed by atoms with E-state index in [4.69, 9.17) is 0 Å².